The average molecular weight is 326 g/mol. The van der Waals surface area contributed by atoms with Crippen LogP contribution in [0.25, 0.3) is 0 Å². The van der Waals surface area contributed by atoms with Crippen molar-refractivity contribution in [2.75, 3.05) is 0 Å². The predicted molar refractivity (Wildman–Crippen MR) is 71.8 cm³/mol. The molecule has 0 bridgehead atoms. The quantitative estimate of drug-likeness (QED) is 0.814. The van der Waals surface area contributed by atoms with Gasteiger partial charge in [0.1, 0.15) is 0 Å². The molecule has 2 N–H and O–H groups in total. The average Bonchev–Trinajstić information content (AvgIpc) is 2.66. The molecule has 1 aromatic heterocycles. The minimum Gasteiger partial charge on any atom is -0.320 e. The molecule has 0 spiro atoms. The molecule has 7 heteroatoms. The fourth-order valence-corrected chi connectivity index (χ4v) is 3.20. The molecule has 1 nitrogen and oxygen atoms in total. The molecule has 2 aromatic rings. The summed E-state index contributed by atoms with van der Waals surface area (Å²) in [5, 5.41) is 0. The molecule has 0 aliphatic carbocycles. The van der Waals surface area contributed by atoms with Crippen LogP contribution < -0.4 is 5.73 Å². The minimum atomic E-state index is -4.40. The highest BCUT2D eigenvalue weighted by atomic mass is 35.5. The highest BCUT2D eigenvalue weighted by Crippen LogP contribution is 2.37. The van der Waals surface area contributed by atoms with Gasteiger partial charge < -0.3 is 5.73 Å². The summed E-state index contributed by atoms with van der Waals surface area (Å²) in [6.45, 7) is 0. The number of nitrogens with two attached hydrogens (primary N) is 1. The van der Waals surface area contributed by atoms with E-state index in [-0.39, 0.29) is 0 Å². The monoisotopic (exact) mass is 325 g/mol. The highest BCUT2D eigenvalue weighted by molar-refractivity contribution is 7.20. The van der Waals surface area contributed by atoms with Crippen molar-refractivity contribution < 1.29 is 13.2 Å². The van der Waals surface area contributed by atoms with Gasteiger partial charge in [-0.05, 0) is 23.8 Å². The molecule has 19 heavy (non-hydrogen) atoms. The van der Waals surface area contributed by atoms with E-state index in [9.17, 15) is 13.2 Å². The van der Waals surface area contributed by atoms with Crippen LogP contribution in [0.15, 0.2) is 30.3 Å². The smallest absolute Gasteiger partial charge is 0.320 e. The first-order chi connectivity index (χ1) is 8.79. The largest absolute Gasteiger partial charge is 0.416 e. The van der Waals surface area contributed by atoms with Gasteiger partial charge >= 0.3 is 6.18 Å². The molecule has 1 atom stereocenters. The van der Waals surface area contributed by atoms with E-state index < -0.39 is 17.8 Å². The molecule has 0 saturated heterocycles. The zero-order chi connectivity index (χ0) is 14.2. The normalized spacial score (nSPS) is 13.6. The Hall–Kier alpha value is -0.750. The summed E-state index contributed by atoms with van der Waals surface area (Å²) in [6, 6.07) is 5.70. The third-order valence-electron chi connectivity index (χ3n) is 2.59. The Balaban J connectivity index is 2.39. The van der Waals surface area contributed by atoms with Gasteiger partial charge in [-0.25, -0.2) is 0 Å². The number of thiophene rings is 1. The zero-order valence-electron chi connectivity index (χ0n) is 9.34. The lowest BCUT2D eigenvalue weighted by atomic mass is 10.00. The number of alkyl halides is 3. The first kappa shape index (κ1) is 14.7. The fraction of sp³-hybridized carbons (Fsp3) is 0.167. The van der Waals surface area contributed by atoms with E-state index in [0.717, 1.165) is 23.5 Å². The summed E-state index contributed by atoms with van der Waals surface area (Å²) in [5.41, 5.74) is 6.06. The second kappa shape index (κ2) is 5.32. The van der Waals surface area contributed by atoms with Crippen LogP contribution in [0.4, 0.5) is 13.2 Å². The maximum atomic E-state index is 12.6. The van der Waals surface area contributed by atoms with E-state index in [1.165, 1.54) is 12.1 Å². The van der Waals surface area contributed by atoms with E-state index in [4.69, 9.17) is 28.9 Å². The topological polar surface area (TPSA) is 26.0 Å². The number of rotatable bonds is 2. The molecule has 1 heterocycles. The van der Waals surface area contributed by atoms with E-state index >= 15 is 0 Å². The molecule has 102 valence electrons. The van der Waals surface area contributed by atoms with Gasteiger partial charge in [0.25, 0.3) is 0 Å². The standard InChI is InChI=1S/C12H8Cl2F3NS/c13-9-5-8(11(14)19-9)10(18)6-2-1-3-7(4-6)12(15,16)17/h1-5,10H,18H2. The third-order valence-corrected chi connectivity index (χ3v) is 4.11. The second-order valence-electron chi connectivity index (χ2n) is 3.88. The summed E-state index contributed by atoms with van der Waals surface area (Å²) in [5.74, 6) is 0. The number of hydrogen-bond acceptors (Lipinski definition) is 2. The van der Waals surface area contributed by atoms with Crippen LogP contribution in [0.3, 0.4) is 0 Å². The summed E-state index contributed by atoms with van der Waals surface area (Å²) < 4.78 is 38.7. The number of benzene rings is 1. The minimum absolute atomic E-state index is 0.339. The van der Waals surface area contributed by atoms with Crippen LogP contribution >= 0.6 is 34.5 Å². The highest BCUT2D eigenvalue weighted by Gasteiger charge is 2.31. The Morgan fingerprint density at radius 3 is 2.37 bits per heavy atom. The van der Waals surface area contributed by atoms with Crippen LogP contribution in [0, 0.1) is 0 Å². The molecule has 0 aliphatic rings. The van der Waals surface area contributed by atoms with E-state index in [2.05, 4.69) is 0 Å². The van der Waals surface area contributed by atoms with E-state index in [1.54, 1.807) is 6.07 Å². The van der Waals surface area contributed by atoms with Crippen molar-refractivity contribution in [3.63, 3.8) is 0 Å². The van der Waals surface area contributed by atoms with Crippen molar-refractivity contribution in [2.45, 2.75) is 12.2 Å². The molecular weight excluding hydrogens is 318 g/mol. The van der Waals surface area contributed by atoms with Crippen molar-refractivity contribution in [3.8, 4) is 0 Å². The predicted octanol–water partition coefficient (Wildman–Crippen LogP) is 5.12. The second-order valence-corrected chi connectivity index (χ2v) is 6.17. The summed E-state index contributed by atoms with van der Waals surface area (Å²) in [7, 11) is 0. The summed E-state index contributed by atoms with van der Waals surface area (Å²) >= 11 is 12.9. The van der Waals surface area contributed by atoms with E-state index in [1.807, 2.05) is 0 Å². The first-order valence-corrected chi connectivity index (χ1v) is 6.73. The van der Waals surface area contributed by atoms with Crippen molar-refractivity contribution in [1.29, 1.82) is 0 Å². The molecular formula is C12H8Cl2F3NS. The lowest BCUT2D eigenvalue weighted by Crippen LogP contribution is -2.13. The van der Waals surface area contributed by atoms with Crippen molar-refractivity contribution in [2.24, 2.45) is 5.73 Å². The molecule has 0 amide bonds. The Labute approximate surface area is 121 Å². The molecule has 2 rings (SSSR count). The van der Waals surface area contributed by atoms with Crippen LogP contribution in [0.5, 0.6) is 0 Å². The Bertz CT molecular complexity index is 595. The Kier molecular flexibility index (Phi) is 4.11. The van der Waals surface area contributed by atoms with Gasteiger partial charge in [-0.1, -0.05) is 35.3 Å². The van der Waals surface area contributed by atoms with Crippen LogP contribution in [-0.2, 0) is 6.18 Å². The van der Waals surface area contributed by atoms with Gasteiger partial charge in [0.05, 0.1) is 20.3 Å². The maximum absolute atomic E-state index is 12.6. The molecule has 0 radical (unpaired) electrons. The van der Waals surface area contributed by atoms with Crippen LogP contribution in [-0.4, -0.2) is 0 Å². The lowest BCUT2D eigenvalue weighted by Gasteiger charge is -2.14. The summed E-state index contributed by atoms with van der Waals surface area (Å²) in [6.07, 6.45) is -4.40. The van der Waals surface area contributed by atoms with Gasteiger partial charge in [-0.15, -0.1) is 11.3 Å². The molecule has 1 unspecified atom stereocenters. The lowest BCUT2D eigenvalue weighted by molar-refractivity contribution is -0.137. The number of halogens is 5. The van der Waals surface area contributed by atoms with E-state index in [0.29, 0.717) is 19.8 Å². The first-order valence-electron chi connectivity index (χ1n) is 5.16. The Morgan fingerprint density at radius 2 is 1.84 bits per heavy atom. The van der Waals surface area contributed by atoms with Gasteiger partial charge in [-0.2, -0.15) is 13.2 Å². The number of hydrogen-bond donors (Lipinski definition) is 1. The molecule has 0 fully saturated rings. The van der Waals surface area contributed by atoms with Crippen LogP contribution in [0.1, 0.15) is 22.7 Å². The fourth-order valence-electron chi connectivity index (χ4n) is 1.65. The SMILES string of the molecule is NC(c1cccc(C(F)(F)F)c1)c1cc(Cl)sc1Cl. The van der Waals surface area contributed by atoms with Crippen LogP contribution in [0.2, 0.25) is 8.67 Å². The maximum Gasteiger partial charge on any atom is 0.416 e. The third kappa shape index (κ3) is 3.23. The van der Waals surface area contributed by atoms with Gasteiger partial charge in [0, 0.05) is 5.56 Å². The molecule has 0 aliphatic heterocycles. The van der Waals surface area contributed by atoms with Crippen molar-refractivity contribution in [3.05, 3.63) is 55.7 Å². The summed E-state index contributed by atoms with van der Waals surface area (Å²) in [4.78, 5) is 0. The van der Waals surface area contributed by atoms with Crippen molar-refractivity contribution in [1.82, 2.24) is 0 Å². The molecule has 0 saturated carbocycles. The zero-order valence-corrected chi connectivity index (χ0v) is 11.7. The van der Waals surface area contributed by atoms with Gasteiger partial charge in [0.15, 0.2) is 0 Å². The Morgan fingerprint density at radius 1 is 1.16 bits per heavy atom. The molecule has 1 aromatic carbocycles. The van der Waals surface area contributed by atoms with Gasteiger partial charge in [-0.3, -0.25) is 0 Å². The van der Waals surface area contributed by atoms with Crippen molar-refractivity contribution >= 4 is 34.5 Å². The van der Waals surface area contributed by atoms with Gasteiger partial charge in [0.2, 0.25) is 0 Å².